The van der Waals surface area contributed by atoms with Crippen LogP contribution in [-0.4, -0.2) is 56.4 Å². The molecule has 1 saturated heterocycles. The predicted octanol–water partition coefficient (Wildman–Crippen LogP) is 1.21. The Morgan fingerprint density at radius 1 is 1.32 bits per heavy atom. The summed E-state index contributed by atoms with van der Waals surface area (Å²) in [6.07, 6.45) is 1.59. The number of hydrogen-bond donors (Lipinski definition) is 1. The van der Waals surface area contributed by atoms with Gasteiger partial charge in [-0.2, -0.15) is 4.31 Å². The predicted molar refractivity (Wildman–Crippen MR) is 77.8 cm³/mol. The monoisotopic (exact) mass is 292 g/mol. The molecular formula is C13H28N2O3S. The molecular weight excluding hydrogens is 264 g/mol. The summed E-state index contributed by atoms with van der Waals surface area (Å²) in [5.41, 5.74) is -0.423. The lowest BCUT2D eigenvalue weighted by atomic mass is 10.1. The molecule has 0 aromatic heterocycles. The van der Waals surface area contributed by atoms with Gasteiger partial charge in [0.2, 0.25) is 10.0 Å². The molecule has 6 heteroatoms. The van der Waals surface area contributed by atoms with Crippen LogP contribution in [0, 0.1) is 0 Å². The van der Waals surface area contributed by atoms with Gasteiger partial charge in [-0.3, -0.25) is 0 Å². The molecule has 1 N–H and O–H groups in total. The number of rotatable bonds is 7. The fraction of sp³-hybridized carbons (Fsp3) is 1.00. The fourth-order valence-corrected chi connectivity index (χ4v) is 4.22. The van der Waals surface area contributed by atoms with Gasteiger partial charge in [-0.1, -0.05) is 13.8 Å². The van der Waals surface area contributed by atoms with Gasteiger partial charge < -0.3 is 10.1 Å². The van der Waals surface area contributed by atoms with Crippen molar-refractivity contribution in [1.29, 1.82) is 0 Å². The smallest absolute Gasteiger partial charge is 0.214 e. The second-order valence-corrected chi connectivity index (χ2v) is 8.08. The zero-order valence-electron chi connectivity index (χ0n) is 12.6. The summed E-state index contributed by atoms with van der Waals surface area (Å²) >= 11 is 0. The molecule has 0 bridgehead atoms. The van der Waals surface area contributed by atoms with Crippen LogP contribution in [0.15, 0.2) is 0 Å². The average molecular weight is 292 g/mol. The van der Waals surface area contributed by atoms with Crippen LogP contribution in [0.25, 0.3) is 0 Å². The Morgan fingerprint density at radius 2 is 2.00 bits per heavy atom. The van der Waals surface area contributed by atoms with E-state index in [1.165, 1.54) is 0 Å². The molecule has 1 aliphatic rings. The molecule has 0 spiro atoms. The molecule has 1 aliphatic heterocycles. The van der Waals surface area contributed by atoms with Crippen molar-refractivity contribution in [2.45, 2.75) is 52.1 Å². The second-order valence-electron chi connectivity index (χ2n) is 6.07. The first kappa shape index (κ1) is 16.9. The van der Waals surface area contributed by atoms with Gasteiger partial charge in [0.1, 0.15) is 0 Å². The highest BCUT2D eigenvalue weighted by Crippen LogP contribution is 2.23. The zero-order chi connectivity index (χ0) is 14.5. The summed E-state index contributed by atoms with van der Waals surface area (Å²) in [6, 6.07) is 0.454. The minimum Gasteiger partial charge on any atom is -0.378 e. The van der Waals surface area contributed by atoms with E-state index in [1.54, 1.807) is 4.31 Å². The van der Waals surface area contributed by atoms with Gasteiger partial charge in [0.25, 0.3) is 0 Å². The summed E-state index contributed by atoms with van der Waals surface area (Å²) < 4.78 is 31.7. The molecule has 0 aliphatic carbocycles. The molecule has 0 atom stereocenters. The Hall–Kier alpha value is -0.170. The molecule has 0 aromatic rings. The number of ether oxygens (including phenoxy) is 1. The summed E-state index contributed by atoms with van der Waals surface area (Å²) in [6.45, 7) is 10.3. The second kappa shape index (κ2) is 7.02. The maximum absolute atomic E-state index is 12.3. The molecule has 0 aromatic carbocycles. The van der Waals surface area contributed by atoms with Crippen LogP contribution in [0.1, 0.15) is 40.5 Å². The lowest BCUT2D eigenvalue weighted by Gasteiger charge is -2.40. The number of unbranched alkanes of at least 4 members (excludes halogenated alkanes) is 1. The summed E-state index contributed by atoms with van der Waals surface area (Å²) in [5, 5.41) is 3.30. The van der Waals surface area contributed by atoms with Crippen molar-refractivity contribution in [3.8, 4) is 0 Å². The average Bonchev–Trinajstić information content (AvgIpc) is 2.26. The van der Waals surface area contributed by atoms with Crippen LogP contribution in [-0.2, 0) is 14.8 Å². The topological polar surface area (TPSA) is 58.6 Å². The van der Waals surface area contributed by atoms with Gasteiger partial charge in [-0.05, 0) is 33.2 Å². The first-order chi connectivity index (χ1) is 8.76. The van der Waals surface area contributed by atoms with E-state index in [9.17, 15) is 8.42 Å². The molecule has 0 radical (unpaired) electrons. The molecule has 1 rings (SSSR count). The van der Waals surface area contributed by atoms with E-state index in [0.29, 0.717) is 32.2 Å². The van der Waals surface area contributed by atoms with Crippen molar-refractivity contribution in [3.63, 3.8) is 0 Å². The van der Waals surface area contributed by atoms with E-state index >= 15 is 0 Å². The van der Waals surface area contributed by atoms with E-state index in [2.05, 4.69) is 19.2 Å². The first-order valence-corrected chi connectivity index (χ1v) is 8.68. The van der Waals surface area contributed by atoms with Gasteiger partial charge in [-0.15, -0.1) is 0 Å². The SMILES string of the molecule is CC(C)NCCCCS(=O)(=O)N1CCOCC1(C)C. The first-order valence-electron chi connectivity index (χ1n) is 7.07. The molecule has 5 nitrogen and oxygen atoms in total. The summed E-state index contributed by atoms with van der Waals surface area (Å²) in [7, 11) is -3.17. The van der Waals surface area contributed by atoms with E-state index < -0.39 is 15.6 Å². The lowest BCUT2D eigenvalue weighted by molar-refractivity contribution is -0.00769. The van der Waals surface area contributed by atoms with Crippen molar-refractivity contribution >= 4 is 10.0 Å². The van der Waals surface area contributed by atoms with Crippen LogP contribution in [0.4, 0.5) is 0 Å². The van der Waals surface area contributed by atoms with Gasteiger partial charge in [0.15, 0.2) is 0 Å². The summed E-state index contributed by atoms with van der Waals surface area (Å²) in [5.74, 6) is 0.232. The van der Waals surface area contributed by atoms with E-state index in [0.717, 1.165) is 13.0 Å². The van der Waals surface area contributed by atoms with Crippen molar-refractivity contribution < 1.29 is 13.2 Å². The van der Waals surface area contributed by atoms with Gasteiger partial charge >= 0.3 is 0 Å². The van der Waals surface area contributed by atoms with Crippen LogP contribution < -0.4 is 5.32 Å². The Kier molecular flexibility index (Phi) is 6.23. The molecule has 1 heterocycles. The van der Waals surface area contributed by atoms with Crippen LogP contribution in [0.3, 0.4) is 0 Å². The molecule has 0 saturated carbocycles. The molecule has 0 unspecified atom stereocenters. The minimum atomic E-state index is -3.17. The highest BCUT2D eigenvalue weighted by molar-refractivity contribution is 7.89. The third kappa shape index (κ3) is 5.38. The highest BCUT2D eigenvalue weighted by Gasteiger charge is 2.38. The van der Waals surface area contributed by atoms with Crippen LogP contribution in [0.5, 0.6) is 0 Å². The maximum Gasteiger partial charge on any atom is 0.214 e. The van der Waals surface area contributed by atoms with Crippen LogP contribution in [0.2, 0.25) is 0 Å². The Morgan fingerprint density at radius 3 is 2.58 bits per heavy atom. The quantitative estimate of drug-likeness (QED) is 0.717. The van der Waals surface area contributed by atoms with Crippen molar-refractivity contribution in [3.05, 3.63) is 0 Å². The lowest BCUT2D eigenvalue weighted by Crippen LogP contribution is -2.55. The Bertz CT molecular complexity index is 366. The molecule has 114 valence electrons. The van der Waals surface area contributed by atoms with Gasteiger partial charge in [0.05, 0.1) is 24.5 Å². The minimum absolute atomic E-state index is 0.232. The molecule has 19 heavy (non-hydrogen) atoms. The normalized spacial score (nSPS) is 20.9. The fourth-order valence-electron chi connectivity index (χ4n) is 2.27. The standard InChI is InChI=1S/C13H28N2O3S/c1-12(2)14-7-5-6-10-19(16,17)15-8-9-18-11-13(15,3)4/h12,14H,5-11H2,1-4H3. The number of sulfonamides is 1. The van der Waals surface area contributed by atoms with E-state index in [4.69, 9.17) is 4.74 Å². The Labute approximate surface area is 117 Å². The number of morpholine rings is 1. The third-order valence-corrected chi connectivity index (χ3v) is 5.44. The van der Waals surface area contributed by atoms with Gasteiger partial charge in [-0.25, -0.2) is 8.42 Å². The molecule has 1 fully saturated rings. The van der Waals surface area contributed by atoms with Crippen molar-refractivity contribution in [2.24, 2.45) is 0 Å². The van der Waals surface area contributed by atoms with Crippen LogP contribution >= 0.6 is 0 Å². The Balaban J connectivity index is 2.42. The number of nitrogens with zero attached hydrogens (tertiary/aromatic N) is 1. The van der Waals surface area contributed by atoms with Crippen molar-refractivity contribution in [1.82, 2.24) is 9.62 Å². The highest BCUT2D eigenvalue weighted by atomic mass is 32.2. The van der Waals surface area contributed by atoms with E-state index in [-0.39, 0.29) is 5.75 Å². The van der Waals surface area contributed by atoms with E-state index in [1.807, 2.05) is 13.8 Å². The van der Waals surface area contributed by atoms with Gasteiger partial charge in [0, 0.05) is 12.6 Å². The number of hydrogen-bond acceptors (Lipinski definition) is 4. The zero-order valence-corrected chi connectivity index (χ0v) is 13.4. The largest absolute Gasteiger partial charge is 0.378 e. The van der Waals surface area contributed by atoms with Crippen molar-refractivity contribution in [2.75, 3.05) is 32.1 Å². The summed E-state index contributed by atoms with van der Waals surface area (Å²) in [4.78, 5) is 0. The maximum atomic E-state index is 12.3. The number of nitrogens with one attached hydrogen (secondary N) is 1. The molecule has 0 amide bonds. The third-order valence-electron chi connectivity index (χ3n) is 3.29.